The molecule has 0 bridgehead atoms. The van der Waals surface area contributed by atoms with Gasteiger partial charge in [-0.15, -0.1) is 0 Å². The van der Waals surface area contributed by atoms with Crippen molar-refractivity contribution in [1.82, 2.24) is 0 Å². The van der Waals surface area contributed by atoms with Crippen LogP contribution in [0.2, 0.25) is 0 Å². The number of amides is 2. The number of methoxy groups -OCH3 is 2. The fourth-order valence-corrected chi connectivity index (χ4v) is 2.55. The molecular formula is C20H21BrN2O6. The van der Waals surface area contributed by atoms with Crippen LogP contribution in [0.1, 0.15) is 12.8 Å². The largest absolute Gasteiger partial charge is 0.497 e. The zero-order valence-electron chi connectivity index (χ0n) is 16.0. The molecule has 0 fully saturated rings. The van der Waals surface area contributed by atoms with Gasteiger partial charge in [0.1, 0.15) is 11.5 Å². The topological polar surface area (TPSA) is 103 Å². The molecule has 0 saturated heterocycles. The van der Waals surface area contributed by atoms with Gasteiger partial charge in [0, 0.05) is 22.6 Å². The van der Waals surface area contributed by atoms with Gasteiger partial charge < -0.3 is 24.8 Å². The van der Waals surface area contributed by atoms with E-state index in [1.165, 1.54) is 14.2 Å². The molecule has 154 valence electrons. The summed E-state index contributed by atoms with van der Waals surface area (Å²) in [6, 6.07) is 12.0. The highest BCUT2D eigenvalue weighted by Gasteiger charge is 2.13. The van der Waals surface area contributed by atoms with Crippen molar-refractivity contribution in [3.63, 3.8) is 0 Å². The molecule has 0 atom stereocenters. The van der Waals surface area contributed by atoms with Gasteiger partial charge in [0.2, 0.25) is 5.91 Å². The summed E-state index contributed by atoms with van der Waals surface area (Å²) in [4.78, 5) is 35.7. The number of carbonyl (C=O) groups is 3. The van der Waals surface area contributed by atoms with Crippen molar-refractivity contribution in [3.05, 3.63) is 46.9 Å². The van der Waals surface area contributed by atoms with E-state index in [1.54, 1.807) is 42.5 Å². The van der Waals surface area contributed by atoms with Crippen molar-refractivity contribution >= 4 is 45.1 Å². The first-order valence-corrected chi connectivity index (χ1v) is 9.43. The molecule has 29 heavy (non-hydrogen) atoms. The van der Waals surface area contributed by atoms with Gasteiger partial charge in [0.05, 0.1) is 26.3 Å². The molecule has 2 N–H and O–H groups in total. The van der Waals surface area contributed by atoms with Crippen LogP contribution in [0, 0.1) is 0 Å². The molecule has 0 heterocycles. The van der Waals surface area contributed by atoms with Crippen LogP contribution in [0.4, 0.5) is 11.4 Å². The minimum absolute atomic E-state index is 0.0553. The van der Waals surface area contributed by atoms with Gasteiger partial charge in [-0.3, -0.25) is 14.4 Å². The van der Waals surface area contributed by atoms with Crippen molar-refractivity contribution in [1.29, 1.82) is 0 Å². The van der Waals surface area contributed by atoms with Gasteiger partial charge in [0.15, 0.2) is 6.61 Å². The lowest BCUT2D eigenvalue weighted by molar-refractivity contribution is -0.147. The first-order chi connectivity index (χ1) is 13.9. The number of benzene rings is 2. The van der Waals surface area contributed by atoms with Gasteiger partial charge in [-0.2, -0.15) is 0 Å². The molecule has 2 amide bonds. The molecule has 0 aliphatic carbocycles. The summed E-state index contributed by atoms with van der Waals surface area (Å²) >= 11 is 3.31. The number of anilines is 2. The number of ether oxygens (including phenoxy) is 3. The van der Waals surface area contributed by atoms with Gasteiger partial charge >= 0.3 is 5.97 Å². The smallest absolute Gasteiger partial charge is 0.306 e. The van der Waals surface area contributed by atoms with Gasteiger partial charge in [-0.1, -0.05) is 15.9 Å². The maximum atomic E-state index is 12.0. The third-order valence-electron chi connectivity index (χ3n) is 3.73. The average Bonchev–Trinajstić information content (AvgIpc) is 2.72. The molecular weight excluding hydrogens is 444 g/mol. The van der Waals surface area contributed by atoms with Crippen molar-refractivity contribution in [2.45, 2.75) is 12.8 Å². The van der Waals surface area contributed by atoms with Crippen LogP contribution >= 0.6 is 15.9 Å². The van der Waals surface area contributed by atoms with Crippen LogP contribution in [0.3, 0.4) is 0 Å². The molecule has 0 spiro atoms. The van der Waals surface area contributed by atoms with Crippen LogP contribution in [0.25, 0.3) is 0 Å². The SMILES string of the molecule is COc1ccc(OC)c(NC(=O)COC(=O)CCC(=O)Nc2ccc(Br)cc2)c1. The van der Waals surface area contributed by atoms with E-state index in [4.69, 9.17) is 14.2 Å². The minimum atomic E-state index is -0.649. The lowest BCUT2D eigenvalue weighted by Gasteiger charge is -2.12. The Morgan fingerprint density at radius 2 is 1.62 bits per heavy atom. The fraction of sp³-hybridized carbons (Fsp3) is 0.250. The number of rotatable bonds is 9. The van der Waals surface area contributed by atoms with Crippen LogP contribution in [0.15, 0.2) is 46.9 Å². The first-order valence-electron chi connectivity index (χ1n) is 8.64. The Hall–Kier alpha value is -3.07. The number of hydrogen-bond acceptors (Lipinski definition) is 6. The van der Waals surface area contributed by atoms with Crippen molar-refractivity contribution in [2.75, 3.05) is 31.5 Å². The number of nitrogens with one attached hydrogen (secondary N) is 2. The quantitative estimate of drug-likeness (QED) is 0.551. The van der Waals surface area contributed by atoms with Crippen molar-refractivity contribution in [2.24, 2.45) is 0 Å². The second-order valence-electron chi connectivity index (χ2n) is 5.83. The summed E-state index contributed by atoms with van der Waals surface area (Å²) in [5.74, 6) is -0.534. The molecule has 0 saturated carbocycles. The molecule has 0 aromatic heterocycles. The molecule has 8 nitrogen and oxygen atoms in total. The van der Waals surface area contributed by atoms with E-state index in [1.807, 2.05) is 0 Å². The number of hydrogen-bond donors (Lipinski definition) is 2. The Morgan fingerprint density at radius 3 is 2.28 bits per heavy atom. The van der Waals surface area contributed by atoms with Gasteiger partial charge in [-0.05, 0) is 36.4 Å². The molecule has 2 aromatic carbocycles. The standard InChI is InChI=1S/C20H21BrN2O6/c1-27-15-7-8-17(28-2)16(11-15)23-19(25)12-29-20(26)10-9-18(24)22-14-5-3-13(21)4-6-14/h3-8,11H,9-10,12H2,1-2H3,(H,22,24)(H,23,25). The highest BCUT2D eigenvalue weighted by Crippen LogP contribution is 2.28. The predicted octanol–water partition coefficient (Wildman–Crippen LogP) is 3.37. The monoisotopic (exact) mass is 464 g/mol. The Bertz CT molecular complexity index is 870. The highest BCUT2D eigenvalue weighted by molar-refractivity contribution is 9.10. The Labute approximate surface area is 176 Å². The molecule has 0 radical (unpaired) electrons. The predicted molar refractivity (Wildman–Crippen MR) is 111 cm³/mol. The van der Waals surface area contributed by atoms with Gasteiger partial charge in [-0.25, -0.2) is 0 Å². The summed E-state index contributed by atoms with van der Waals surface area (Å²) in [7, 11) is 2.97. The molecule has 0 aliphatic heterocycles. The summed E-state index contributed by atoms with van der Waals surface area (Å²) in [6.07, 6.45) is -0.196. The van der Waals surface area contributed by atoms with Crippen molar-refractivity contribution in [3.8, 4) is 11.5 Å². The number of carbonyl (C=O) groups excluding carboxylic acids is 3. The van der Waals surface area contributed by atoms with E-state index < -0.39 is 18.5 Å². The Kier molecular flexibility index (Phi) is 8.47. The van der Waals surface area contributed by atoms with E-state index in [0.717, 1.165) is 4.47 Å². The summed E-state index contributed by atoms with van der Waals surface area (Å²) < 4.78 is 16.1. The van der Waals surface area contributed by atoms with Crippen LogP contribution in [-0.4, -0.2) is 38.6 Å². The molecule has 0 aliphatic rings. The summed E-state index contributed by atoms with van der Waals surface area (Å²) in [6.45, 7) is -0.479. The second kappa shape index (κ2) is 11.1. The van der Waals surface area contributed by atoms with E-state index in [9.17, 15) is 14.4 Å². The number of esters is 1. The highest BCUT2D eigenvalue weighted by atomic mass is 79.9. The third kappa shape index (κ3) is 7.46. The van der Waals surface area contributed by atoms with E-state index in [0.29, 0.717) is 22.9 Å². The third-order valence-corrected chi connectivity index (χ3v) is 4.26. The van der Waals surface area contributed by atoms with Crippen LogP contribution in [0.5, 0.6) is 11.5 Å². The maximum Gasteiger partial charge on any atom is 0.306 e. The molecule has 0 unspecified atom stereocenters. The zero-order chi connectivity index (χ0) is 21.2. The second-order valence-corrected chi connectivity index (χ2v) is 6.75. The minimum Gasteiger partial charge on any atom is -0.497 e. The first kappa shape index (κ1) is 22.2. The average molecular weight is 465 g/mol. The van der Waals surface area contributed by atoms with E-state index in [2.05, 4.69) is 26.6 Å². The van der Waals surface area contributed by atoms with E-state index >= 15 is 0 Å². The normalized spacial score (nSPS) is 10.0. The zero-order valence-corrected chi connectivity index (χ0v) is 17.6. The Morgan fingerprint density at radius 1 is 0.897 bits per heavy atom. The Balaban J connectivity index is 1.75. The lowest BCUT2D eigenvalue weighted by Crippen LogP contribution is -2.22. The van der Waals surface area contributed by atoms with E-state index in [-0.39, 0.29) is 18.7 Å². The summed E-state index contributed by atoms with van der Waals surface area (Å²) in [5.41, 5.74) is 1.01. The maximum absolute atomic E-state index is 12.0. The molecule has 9 heteroatoms. The lowest BCUT2D eigenvalue weighted by atomic mass is 10.2. The van der Waals surface area contributed by atoms with Gasteiger partial charge in [0.25, 0.3) is 5.91 Å². The van der Waals surface area contributed by atoms with Crippen molar-refractivity contribution < 1.29 is 28.6 Å². The van der Waals surface area contributed by atoms with Crippen LogP contribution < -0.4 is 20.1 Å². The number of halogens is 1. The van der Waals surface area contributed by atoms with Crippen LogP contribution in [-0.2, 0) is 19.1 Å². The fourth-order valence-electron chi connectivity index (χ4n) is 2.29. The molecule has 2 aromatic rings. The summed E-state index contributed by atoms with van der Waals surface area (Å²) in [5, 5.41) is 5.26. The molecule has 2 rings (SSSR count).